The van der Waals surface area contributed by atoms with Gasteiger partial charge in [0.1, 0.15) is 5.60 Å². The van der Waals surface area contributed by atoms with Crippen molar-refractivity contribution in [3.8, 4) is 0 Å². The van der Waals surface area contributed by atoms with Crippen molar-refractivity contribution in [2.24, 2.45) is 0 Å². The van der Waals surface area contributed by atoms with E-state index in [1.165, 1.54) is 12.0 Å². The molecule has 0 aromatic heterocycles. The van der Waals surface area contributed by atoms with Crippen LogP contribution in [0.25, 0.3) is 0 Å². The van der Waals surface area contributed by atoms with E-state index in [0.717, 1.165) is 31.4 Å². The first-order valence-corrected chi connectivity index (χ1v) is 6.27. The van der Waals surface area contributed by atoms with Crippen LogP contribution in [0, 0.1) is 0 Å². The van der Waals surface area contributed by atoms with Crippen LogP contribution in [0.4, 0.5) is 0 Å². The molecule has 0 radical (unpaired) electrons. The van der Waals surface area contributed by atoms with Crippen LogP contribution in [-0.4, -0.2) is 18.2 Å². The lowest BCUT2D eigenvalue weighted by Crippen LogP contribution is -2.43. The van der Waals surface area contributed by atoms with Gasteiger partial charge < -0.3 is 10.4 Å². The highest BCUT2D eigenvalue weighted by molar-refractivity contribution is 5.28. The summed E-state index contributed by atoms with van der Waals surface area (Å²) in [5.74, 6) is 0. The van der Waals surface area contributed by atoms with Crippen LogP contribution >= 0.6 is 0 Å². The molecule has 0 amide bonds. The average molecular weight is 219 g/mol. The van der Waals surface area contributed by atoms with Gasteiger partial charge in [-0.25, -0.2) is 0 Å². The van der Waals surface area contributed by atoms with Gasteiger partial charge in [0, 0.05) is 6.54 Å². The second kappa shape index (κ2) is 4.98. The van der Waals surface area contributed by atoms with Crippen LogP contribution in [0.1, 0.15) is 37.3 Å². The van der Waals surface area contributed by atoms with Crippen molar-refractivity contribution in [3.05, 3.63) is 35.4 Å². The van der Waals surface area contributed by atoms with E-state index >= 15 is 0 Å². The fourth-order valence-electron chi connectivity index (χ4n) is 2.41. The largest absolute Gasteiger partial charge is 0.384 e. The lowest BCUT2D eigenvalue weighted by atomic mass is 9.86. The molecule has 1 aliphatic heterocycles. The van der Waals surface area contributed by atoms with Crippen LogP contribution in [0.2, 0.25) is 0 Å². The summed E-state index contributed by atoms with van der Waals surface area (Å²) >= 11 is 0. The molecular weight excluding hydrogens is 198 g/mol. The van der Waals surface area contributed by atoms with Crippen molar-refractivity contribution in [1.29, 1.82) is 0 Å². The Labute approximate surface area is 97.7 Å². The number of β-amino-alcohol motifs (C(OH)–C–C–N with tert-alkyl or cyclic N) is 1. The van der Waals surface area contributed by atoms with E-state index in [1.807, 2.05) is 0 Å². The maximum Gasteiger partial charge on any atom is 0.102 e. The third-order valence-electron chi connectivity index (χ3n) is 3.39. The predicted octanol–water partition coefficient (Wildman–Crippen LogP) is 2.21. The standard InChI is InChI=1S/C14H21NO/c1-2-4-12-5-7-13(8-6-12)14(16)9-3-10-15-11-14/h5-8,15-16H,2-4,9-11H2,1H3. The highest BCUT2D eigenvalue weighted by atomic mass is 16.3. The number of rotatable bonds is 3. The van der Waals surface area contributed by atoms with E-state index in [2.05, 4.69) is 36.5 Å². The molecule has 88 valence electrons. The summed E-state index contributed by atoms with van der Waals surface area (Å²) in [4.78, 5) is 0. The molecule has 0 spiro atoms. The third-order valence-corrected chi connectivity index (χ3v) is 3.39. The van der Waals surface area contributed by atoms with Crippen molar-refractivity contribution < 1.29 is 5.11 Å². The van der Waals surface area contributed by atoms with Gasteiger partial charge in [-0.1, -0.05) is 37.6 Å². The molecule has 2 rings (SSSR count). The normalized spacial score (nSPS) is 25.6. The molecule has 1 aromatic carbocycles. The van der Waals surface area contributed by atoms with E-state index in [9.17, 15) is 5.11 Å². The fraction of sp³-hybridized carbons (Fsp3) is 0.571. The summed E-state index contributed by atoms with van der Waals surface area (Å²) in [5, 5.41) is 13.8. The number of aryl methyl sites for hydroxylation is 1. The number of benzene rings is 1. The highest BCUT2D eigenvalue weighted by Gasteiger charge is 2.30. The lowest BCUT2D eigenvalue weighted by Gasteiger charge is -2.33. The van der Waals surface area contributed by atoms with Crippen LogP contribution in [0.3, 0.4) is 0 Å². The molecule has 1 aromatic rings. The Morgan fingerprint density at radius 3 is 2.62 bits per heavy atom. The molecule has 0 bridgehead atoms. The van der Waals surface area contributed by atoms with E-state index in [-0.39, 0.29) is 0 Å². The van der Waals surface area contributed by atoms with Gasteiger partial charge in [-0.2, -0.15) is 0 Å². The van der Waals surface area contributed by atoms with Crippen LogP contribution in [0.15, 0.2) is 24.3 Å². The van der Waals surface area contributed by atoms with Gasteiger partial charge >= 0.3 is 0 Å². The van der Waals surface area contributed by atoms with E-state index in [4.69, 9.17) is 0 Å². The summed E-state index contributed by atoms with van der Waals surface area (Å²) in [5.41, 5.74) is 1.77. The quantitative estimate of drug-likeness (QED) is 0.817. The third kappa shape index (κ3) is 2.45. The zero-order valence-corrected chi connectivity index (χ0v) is 10.00. The Bertz CT molecular complexity index is 325. The lowest BCUT2D eigenvalue weighted by molar-refractivity contribution is 0.0123. The molecule has 0 aliphatic carbocycles. The van der Waals surface area contributed by atoms with Gasteiger partial charge in [-0.3, -0.25) is 0 Å². The van der Waals surface area contributed by atoms with E-state index < -0.39 is 5.60 Å². The number of hydrogen-bond donors (Lipinski definition) is 2. The second-order valence-electron chi connectivity index (χ2n) is 4.76. The topological polar surface area (TPSA) is 32.3 Å². The van der Waals surface area contributed by atoms with Gasteiger partial charge in [-0.15, -0.1) is 0 Å². The molecular formula is C14H21NO. The summed E-state index contributed by atoms with van der Waals surface area (Å²) in [6.07, 6.45) is 4.21. The minimum absolute atomic E-state index is 0.650. The van der Waals surface area contributed by atoms with Gasteiger partial charge in [0.15, 0.2) is 0 Å². The van der Waals surface area contributed by atoms with E-state index in [0.29, 0.717) is 6.54 Å². The zero-order valence-electron chi connectivity index (χ0n) is 10.00. The second-order valence-corrected chi connectivity index (χ2v) is 4.76. The summed E-state index contributed by atoms with van der Waals surface area (Å²) in [6.45, 7) is 3.89. The number of nitrogens with one attached hydrogen (secondary N) is 1. The first-order chi connectivity index (χ1) is 7.74. The molecule has 1 unspecified atom stereocenters. The Morgan fingerprint density at radius 1 is 1.31 bits per heavy atom. The fourth-order valence-corrected chi connectivity index (χ4v) is 2.41. The molecule has 1 fully saturated rings. The molecule has 2 heteroatoms. The minimum atomic E-state index is -0.650. The summed E-state index contributed by atoms with van der Waals surface area (Å²) in [6, 6.07) is 8.45. The van der Waals surface area contributed by atoms with Crippen molar-refractivity contribution in [3.63, 3.8) is 0 Å². The van der Waals surface area contributed by atoms with Crippen molar-refractivity contribution in [2.45, 2.75) is 38.2 Å². The van der Waals surface area contributed by atoms with Gasteiger partial charge in [0.05, 0.1) is 0 Å². The minimum Gasteiger partial charge on any atom is -0.384 e. The molecule has 1 heterocycles. The Hall–Kier alpha value is -0.860. The summed E-state index contributed by atoms with van der Waals surface area (Å²) < 4.78 is 0. The zero-order chi connectivity index (χ0) is 11.4. The predicted molar refractivity (Wildman–Crippen MR) is 66.4 cm³/mol. The first kappa shape index (κ1) is 11.6. The smallest absolute Gasteiger partial charge is 0.102 e. The first-order valence-electron chi connectivity index (χ1n) is 6.27. The molecule has 1 aliphatic rings. The van der Waals surface area contributed by atoms with Crippen LogP contribution in [0.5, 0.6) is 0 Å². The summed E-state index contributed by atoms with van der Waals surface area (Å²) in [7, 11) is 0. The van der Waals surface area contributed by atoms with Crippen LogP contribution in [-0.2, 0) is 12.0 Å². The monoisotopic (exact) mass is 219 g/mol. The molecule has 2 N–H and O–H groups in total. The molecule has 16 heavy (non-hydrogen) atoms. The van der Waals surface area contributed by atoms with Crippen molar-refractivity contribution >= 4 is 0 Å². The maximum absolute atomic E-state index is 10.5. The molecule has 0 saturated carbocycles. The Morgan fingerprint density at radius 2 is 2.06 bits per heavy atom. The Balaban J connectivity index is 2.13. The molecule has 1 saturated heterocycles. The highest BCUT2D eigenvalue weighted by Crippen LogP contribution is 2.28. The number of hydrogen-bond acceptors (Lipinski definition) is 2. The van der Waals surface area contributed by atoms with Gasteiger partial charge in [-0.05, 0) is 36.9 Å². The van der Waals surface area contributed by atoms with Crippen molar-refractivity contribution in [1.82, 2.24) is 5.32 Å². The van der Waals surface area contributed by atoms with Gasteiger partial charge in [0.25, 0.3) is 0 Å². The van der Waals surface area contributed by atoms with Gasteiger partial charge in [0.2, 0.25) is 0 Å². The number of aliphatic hydroxyl groups is 1. The average Bonchev–Trinajstić information content (AvgIpc) is 2.31. The number of piperidine rings is 1. The molecule has 2 nitrogen and oxygen atoms in total. The Kier molecular flexibility index (Phi) is 3.62. The van der Waals surface area contributed by atoms with E-state index in [1.54, 1.807) is 0 Å². The SMILES string of the molecule is CCCc1ccc(C2(O)CCCNC2)cc1. The van der Waals surface area contributed by atoms with Crippen LogP contribution < -0.4 is 5.32 Å². The maximum atomic E-state index is 10.5. The van der Waals surface area contributed by atoms with Crippen molar-refractivity contribution in [2.75, 3.05) is 13.1 Å². The molecule has 1 atom stereocenters.